The Morgan fingerprint density at radius 1 is 1.03 bits per heavy atom. The summed E-state index contributed by atoms with van der Waals surface area (Å²) < 4.78 is 3.88. The molecule has 0 unspecified atom stereocenters. The molecule has 182 valence electrons. The molecule has 0 aliphatic carbocycles. The van der Waals surface area contributed by atoms with Gasteiger partial charge in [0, 0.05) is 17.8 Å². The largest absolute Gasteiger partial charge is 0.336 e. The number of piperidine rings is 1. The first kappa shape index (κ1) is 23.4. The average Bonchev–Trinajstić information content (AvgIpc) is 3.37. The molecular weight excluding hydrogens is 460 g/mol. The van der Waals surface area contributed by atoms with E-state index in [0.717, 1.165) is 41.5 Å². The monoisotopic (exact) mass is 490 g/mol. The summed E-state index contributed by atoms with van der Waals surface area (Å²) in [6.07, 6.45) is 3.23. The minimum atomic E-state index is -0.107. The standard InChI is InChI=1S/C26H30N6O2S/c1-17-8-6-11-20(14-17)27-23(33)16-35-26-29-28-25-30(21-12-4-5-13-22(21)32(25)26)15-24(34)31-18(2)9-7-10-19(31)3/h4-6,8,11-14,18-19H,7,9-10,15-16H2,1-3H3,(H,27,33)/t18-,19+. The quantitative estimate of drug-likeness (QED) is 0.402. The van der Waals surface area contributed by atoms with Gasteiger partial charge in [-0.1, -0.05) is 36.0 Å². The molecule has 0 spiro atoms. The Kier molecular flexibility index (Phi) is 6.51. The van der Waals surface area contributed by atoms with Crippen molar-refractivity contribution in [3.05, 3.63) is 54.1 Å². The number of carbonyl (C=O) groups is 2. The van der Waals surface area contributed by atoms with Gasteiger partial charge < -0.3 is 10.2 Å². The molecule has 2 aromatic carbocycles. The molecule has 8 nitrogen and oxygen atoms in total. The van der Waals surface area contributed by atoms with Gasteiger partial charge in [-0.3, -0.25) is 18.6 Å². The van der Waals surface area contributed by atoms with Gasteiger partial charge in [0.1, 0.15) is 6.54 Å². The molecule has 5 rings (SSSR count). The molecule has 2 atom stereocenters. The van der Waals surface area contributed by atoms with Crippen LogP contribution in [-0.2, 0) is 16.1 Å². The fraction of sp³-hybridized carbons (Fsp3) is 0.385. The van der Waals surface area contributed by atoms with Crippen LogP contribution in [0.25, 0.3) is 16.8 Å². The lowest BCUT2D eigenvalue weighted by Crippen LogP contribution is -2.48. The van der Waals surface area contributed by atoms with E-state index in [1.807, 2.05) is 69.3 Å². The first-order valence-corrected chi connectivity index (χ1v) is 13.0. The number of hydrogen-bond acceptors (Lipinski definition) is 5. The van der Waals surface area contributed by atoms with Crippen molar-refractivity contribution in [2.75, 3.05) is 11.1 Å². The van der Waals surface area contributed by atoms with Crippen molar-refractivity contribution in [1.82, 2.24) is 24.1 Å². The zero-order valence-corrected chi connectivity index (χ0v) is 21.1. The molecule has 1 N–H and O–H groups in total. The van der Waals surface area contributed by atoms with Gasteiger partial charge >= 0.3 is 0 Å². The minimum absolute atomic E-state index is 0.0997. The molecule has 2 aromatic heterocycles. The lowest BCUT2D eigenvalue weighted by atomic mass is 9.97. The molecule has 35 heavy (non-hydrogen) atoms. The van der Waals surface area contributed by atoms with E-state index in [2.05, 4.69) is 29.4 Å². The number of nitrogens with one attached hydrogen (secondary N) is 1. The second-order valence-electron chi connectivity index (χ2n) is 9.33. The Bertz CT molecular complexity index is 1380. The summed E-state index contributed by atoms with van der Waals surface area (Å²) in [5.74, 6) is 0.807. The lowest BCUT2D eigenvalue weighted by Gasteiger charge is -2.39. The summed E-state index contributed by atoms with van der Waals surface area (Å²) in [4.78, 5) is 28.0. The number of hydrogen-bond donors (Lipinski definition) is 1. The van der Waals surface area contributed by atoms with Gasteiger partial charge in [0.25, 0.3) is 0 Å². The van der Waals surface area contributed by atoms with Gasteiger partial charge in [0.05, 0.1) is 16.8 Å². The predicted molar refractivity (Wildman–Crippen MR) is 139 cm³/mol. The first-order chi connectivity index (χ1) is 16.9. The van der Waals surface area contributed by atoms with E-state index in [0.29, 0.717) is 10.9 Å². The number of rotatable bonds is 6. The highest BCUT2D eigenvalue weighted by Gasteiger charge is 2.30. The zero-order chi connectivity index (χ0) is 24.5. The van der Waals surface area contributed by atoms with Gasteiger partial charge in [0.15, 0.2) is 5.16 Å². The molecule has 2 amide bonds. The van der Waals surface area contributed by atoms with E-state index in [-0.39, 0.29) is 36.2 Å². The van der Waals surface area contributed by atoms with Crippen molar-refractivity contribution >= 4 is 46.1 Å². The van der Waals surface area contributed by atoms with Crippen LogP contribution in [0, 0.1) is 6.92 Å². The second kappa shape index (κ2) is 9.73. The third kappa shape index (κ3) is 4.65. The fourth-order valence-electron chi connectivity index (χ4n) is 5.07. The molecular formula is C26H30N6O2S. The number of benzene rings is 2. The topological polar surface area (TPSA) is 84.5 Å². The molecule has 1 saturated heterocycles. The molecule has 1 fully saturated rings. The molecule has 9 heteroatoms. The van der Waals surface area contributed by atoms with Crippen LogP contribution in [0.5, 0.6) is 0 Å². The van der Waals surface area contributed by atoms with E-state index < -0.39 is 0 Å². The number of aromatic nitrogens is 4. The van der Waals surface area contributed by atoms with Crippen molar-refractivity contribution in [2.45, 2.75) is 63.8 Å². The van der Waals surface area contributed by atoms with Crippen LogP contribution in [0.15, 0.2) is 53.7 Å². The van der Waals surface area contributed by atoms with Gasteiger partial charge in [-0.25, -0.2) is 0 Å². The number of para-hydroxylation sites is 2. The van der Waals surface area contributed by atoms with E-state index in [1.165, 1.54) is 11.8 Å². The van der Waals surface area contributed by atoms with Gasteiger partial charge in [0.2, 0.25) is 17.6 Å². The number of likely N-dealkylation sites (tertiary alicyclic amines) is 1. The maximum Gasteiger partial charge on any atom is 0.243 e. The predicted octanol–water partition coefficient (Wildman–Crippen LogP) is 4.51. The van der Waals surface area contributed by atoms with Gasteiger partial charge in [-0.2, -0.15) is 0 Å². The smallest absolute Gasteiger partial charge is 0.243 e. The molecule has 4 aromatic rings. The average molecular weight is 491 g/mol. The lowest BCUT2D eigenvalue weighted by molar-refractivity contribution is -0.137. The highest BCUT2D eigenvalue weighted by Crippen LogP contribution is 2.28. The van der Waals surface area contributed by atoms with Crippen LogP contribution in [0.3, 0.4) is 0 Å². The maximum absolute atomic E-state index is 13.4. The van der Waals surface area contributed by atoms with E-state index in [1.54, 1.807) is 0 Å². The third-order valence-electron chi connectivity index (χ3n) is 6.68. The maximum atomic E-state index is 13.4. The Balaban J connectivity index is 1.39. The van der Waals surface area contributed by atoms with E-state index in [9.17, 15) is 9.59 Å². The van der Waals surface area contributed by atoms with Crippen molar-refractivity contribution in [3.63, 3.8) is 0 Å². The van der Waals surface area contributed by atoms with Crippen LogP contribution in [0.1, 0.15) is 38.7 Å². The van der Waals surface area contributed by atoms with Crippen LogP contribution in [0.2, 0.25) is 0 Å². The molecule has 0 saturated carbocycles. The van der Waals surface area contributed by atoms with E-state index >= 15 is 0 Å². The van der Waals surface area contributed by atoms with Crippen LogP contribution >= 0.6 is 11.8 Å². The number of amides is 2. The summed E-state index contributed by atoms with van der Waals surface area (Å²) in [5.41, 5.74) is 3.71. The number of carbonyl (C=O) groups excluding carboxylic acids is 2. The van der Waals surface area contributed by atoms with Crippen molar-refractivity contribution in [2.24, 2.45) is 0 Å². The molecule has 0 bridgehead atoms. The highest BCUT2D eigenvalue weighted by molar-refractivity contribution is 7.99. The summed E-state index contributed by atoms with van der Waals surface area (Å²) in [5, 5.41) is 12.3. The van der Waals surface area contributed by atoms with Crippen molar-refractivity contribution in [1.29, 1.82) is 0 Å². The number of thioether (sulfide) groups is 1. The normalized spacial score (nSPS) is 18.3. The zero-order valence-electron chi connectivity index (χ0n) is 20.3. The number of anilines is 1. The molecule has 3 heterocycles. The Morgan fingerprint density at radius 3 is 2.51 bits per heavy atom. The van der Waals surface area contributed by atoms with Crippen LogP contribution in [0.4, 0.5) is 5.69 Å². The number of aryl methyl sites for hydroxylation is 1. The fourth-order valence-corrected chi connectivity index (χ4v) is 5.81. The first-order valence-electron chi connectivity index (χ1n) is 12.0. The minimum Gasteiger partial charge on any atom is -0.336 e. The summed E-state index contributed by atoms with van der Waals surface area (Å²) in [6, 6.07) is 16.1. The molecule has 1 aliphatic heterocycles. The van der Waals surface area contributed by atoms with Crippen molar-refractivity contribution in [3.8, 4) is 0 Å². The van der Waals surface area contributed by atoms with Gasteiger partial charge in [-0.05, 0) is 69.9 Å². The van der Waals surface area contributed by atoms with Crippen LogP contribution in [-0.4, -0.2) is 53.7 Å². The Hall–Kier alpha value is -3.33. The van der Waals surface area contributed by atoms with E-state index in [4.69, 9.17) is 0 Å². The Labute approximate surface area is 208 Å². The number of nitrogens with zero attached hydrogens (tertiary/aromatic N) is 5. The molecule has 0 radical (unpaired) electrons. The second-order valence-corrected chi connectivity index (χ2v) is 10.3. The van der Waals surface area contributed by atoms with Crippen LogP contribution < -0.4 is 5.32 Å². The summed E-state index contributed by atoms with van der Waals surface area (Å²) >= 11 is 1.33. The highest BCUT2D eigenvalue weighted by atomic mass is 32.2. The SMILES string of the molecule is Cc1cccc(NC(=O)CSc2nnc3n(CC(=O)N4[C@H](C)CCC[C@@H]4C)c4ccccc4n23)c1. The summed E-state index contributed by atoms with van der Waals surface area (Å²) in [6.45, 7) is 6.46. The summed E-state index contributed by atoms with van der Waals surface area (Å²) in [7, 11) is 0. The number of fused-ring (bicyclic) bond motifs is 3. The molecule has 1 aliphatic rings. The third-order valence-corrected chi connectivity index (χ3v) is 7.61. The Morgan fingerprint density at radius 2 is 1.77 bits per heavy atom. The van der Waals surface area contributed by atoms with Crippen molar-refractivity contribution < 1.29 is 9.59 Å². The van der Waals surface area contributed by atoms with Gasteiger partial charge in [-0.15, -0.1) is 10.2 Å². The number of imidazole rings is 1.